The highest BCUT2D eigenvalue weighted by Gasteiger charge is 2.17. The van der Waals surface area contributed by atoms with E-state index in [2.05, 4.69) is 15.9 Å². The Labute approximate surface area is 192 Å². The predicted molar refractivity (Wildman–Crippen MR) is 119 cm³/mol. The fraction of sp³-hybridized carbons (Fsp3) is 0.130. The number of hydrogen-bond donors (Lipinski definition) is 0. The van der Waals surface area contributed by atoms with Crippen molar-refractivity contribution in [3.8, 4) is 17.2 Å². The smallest absolute Gasteiger partial charge is 0.349 e. The standard InChI is InChI=1S/C23H18BrClO6/c24-19-14-16(25)10-11-21(19)30-15-22(26)31-20-9-5-4-8-18(20)23(27)29-13-12-28-17-6-2-1-3-7-17/h1-11,14H,12-13,15H2. The third-order valence-electron chi connectivity index (χ3n) is 3.90. The van der Waals surface area contributed by atoms with Gasteiger partial charge in [-0.15, -0.1) is 0 Å². The zero-order chi connectivity index (χ0) is 22.1. The van der Waals surface area contributed by atoms with E-state index in [1.165, 1.54) is 12.1 Å². The van der Waals surface area contributed by atoms with Gasteiger partial charge in [-0.05, 0) is 58.4 Å². The van der Waals surface area contributed by atoms with Gasteiger partial charge in [0.2, 0.25) is 0 Å². The van der Waals surface area contributed by atoms with E-state index in [1.807, 2.05) is 18.2 Å². The lowest BCUT2D eigenvalue weighted by molar-refractivity contribution is -0.136. The summed E-state index contributed by atoms with van der Waals surface area (Å²) in [7, 11) is 0. The number of rotatable bonds is 9. The first-order chi connectivity index (χ1) is 15.0. The fourth-order valence-electron chi connectivity index (χ4n) is 2.49. The maximum atomic E-state index is 12.4. The van der Waals surface area contributed by atoms with Gasteiger partial charge < -0.3 is 18.9 Å². The second-order valence-electron chi connectivity index (χ2n) is 6.13. The number of carbonyl (C=O) groups is 2. The van der Waals surface area contributed by atoms with Crippen molar-refractivity contribution in [2.45, 2.75) is 0 Å². The van der Waals surface area contributed by atoms with E-state index in [0.29, 0.717) is 21.0 Å². The van der Waals surface area contributed by atoms with Crippen molar-refractivity contribution in [3.05, 3.63) is 87.9 Å². The molecule has 0 heterocycles. The first-order valence-electron chi connectivity index (χ1n) is 9.25. The molecule has 3 rings (SSSR count). The van der Waals surface area contributed by atoms with Crippen molar-refractivity contribution < 1.29 is 28.5 Å². The predicted octanol–water partition coefficient (Wildman–Crippen LogP) is 5.32. The van der Waals surface area contributed by atoms with Crippen molar-refractivity contribution in [1.82, 2.24) is 0 Å². The normalized spacial score (nSPS) is 10.3. The molecule has 6 nitrogen and oxygen atoms in total. The number of carbonyl (C=O) groups excluding carboxylic acids is 2. The van der Waals surface area contributed by atoms with Crippen LogP contribution in [0.3, 0.4) is 0 Å². The molecule has 0 aliphatic carbocycles. The Hall–Kier alpha value is -3.03. The summed E-state index contributed by atoms with van der Waals surface area (Å²) in [6, 6.07) is 20.4. The Bertz CT molecular complexity index is 1040. The second kappa shape index (κ2) is 11.4. The average molecular weight is 506 g/mol. The Kier molecular flexibility index (Phi) is 8.32. The number of benzene rings is 3. The first-order valence-corrected chi connectivity index (χ1v) is 10.4. The lowest BCUT2D eigenvalue weighted by atomic mass is 10.2. The summed E-state index contributed by atoms with van der Waals surface area (Å²) in [6.07, 6.45) is 0. The molecule has 8 heteroatoms. The Morgan fingerprint density at radius 3 is 2.35 bits per heavy atom. The third kappa shape index (κ3) is 7.01. The number of ether oxygens (including phenoxy) is 4. The lowest BCUT2D eigenvalue weighted by Crippen LogP contribution is -2.20. The molecule has 0 atom stereocenters. The Morgan fingerprint density at radius 2 is 1.58 bits per heavy atom. The van der Waals surface area contributed by atoms with E-state index in [0.717, 1.165) is 0 Å². The van der Waals surface area contributed by atoms with Gasteiger partial charge in [-0.25, -0.2) is 9.59 Å². The van der Waals surface area contributed by atoms with Crippen LogP contribution < -0.4 is 14.2 Å². The molecule has 0 saturated carbocycles. The first kappa shape index (κ1) is 22.7. The van der Waals surface area contributed by atoms with Crippen molar-refractivity contribution in [3.63, 3.8) is 0 Å². The molecule has 3 aromatic carbocycles. The molecule has 160 valence electrons. The Balaban J connectivity index is 1.51. The summed E-state index contributed by atoms with van der Waals surface area (Å²) >= 11 is 9.19. The molecule has 0 aromatic heterocycles. The van der Waals surface area contributed by atoms with Crippen molar-refractivity contribution in [1.29, 1.82) is 0 Å². The van der Waals surface area contributed by atoms with Crippen LogP contribution in [0.1, 0.15) is 10.4 Å². The van der Waals surface area contributed by atoms with Gasteiger partial charge in [0.1, 0.15) is 36.0 Å². The summed E-state index contributed by atoms with van der Waals surface area (Å²) in [5, 5.41) is 0.531. The zero-order valence-corrected chi connectivity index (χ0v) is 18.6. The van der Waals surface area contributed by atoms with Crippen LogP contribution in [0.5, 0.6) is 17.2 Å². The molecule has 0 unspecified atom stereocenters. The molecule has 31 heavy (non-hydrogen) atoms. The van der Waals surface area contributed by atoms with Crippen LogP contribution in [-0.4, -0.2) is 31.8 Å². The van der Waals surface area contributed by atoms with Gasteiger partial charge in [0.25, 0.3) is 0 Å². The topological polar surface area (TPSA) is 71.1 Å². The fourth-order valence-corrected chi connectivity index (χ4v) is 3.29. The molecular formula is C23H18BrClO6. The highest BCUT2D eigenvalue weighted by Crippen LogP contribution is 2.28. The molecule has 0 N–H and O–H groups in total. The maximum Gasteiger partial charge on any atom is 0.349 e. The number of para-hydroxylation sites is 2. The van der Waals surface area contributed by atoms with Gasteiger partial charge in [-0.2, -0.15) is 0 Å². The van der Waals surface area contributed by atoms with Crippen LogP contribution >= 0.6 is 27.5 Å². The highest BCUT2D eigenvalue weighted by molar-refractivity contribution is 9.10. The number of halogens is 2. The van der Waals surface area contributed by atoms with Gasteiger partial charge in [0.15, 0.2) is 6.61 Å². The molecule has 0 bridgehead atoms. The summed E-state index contributed by atoms with van der Waals surface area (Å²) < 4.78 is 22.0. The van der Waals surface area contributed by atoms with Crippen LogP contribution in [0.15, 0.2) is 77.3 Å². The minimum Gasteiger partial charge on any atom is -0.490 e. The summed E-state index contributed by atoms with van der Waals surface area (Å²) in [5.74, 6) is -0.0937. The van der Waals surface area contributed by atoms with Crippen molar-refractivity contribution in [2.75, 3.05) is 19.8 Å². The second-order valence-corrected chi connectivity index (χ2v) is 7.42. The molecule has 0 spiro atoms. The summed E-state index contributed by atoms with van der Waals surface area (Å²) in [5.41, 5.74) is 0.128. The van der Waals surface area contributed by atoms with E-state index < -0.39 is 11.9 Å². The summed E-state index contributed by atoms with van der Waals surface area (Å²) in [4.78, 5) is 24.6. The summed E-state index contributed by atoms with van der Waals surface area (Å²) in [6.45, 7) is -0.111. The minimum absolute atomic E-state index is 0.0454. The van der Waals surface area contributed by atoms with Crippen LogP contribution in [-0.2, 0) is 9.53 Å². The largest absolute Gasteiger partial charge is 0.490 e. The van der Waals surface area contributed by atoms with Gasteiger partial charge >= 0.3 is 11.9 Å². The zero-order valence-electron chi connectivity index (χ0n) is 16.3. The minimum atomic E-state index is -0.672. The van der Waals surface area contributed by atoms with Crippen molar-refractivity contribution >= 4 is 39.5 Å². The maximum absolute atomic E-state index is 12.4. The van der Waals surface area contributed by atoms with Crippen LogP contribution in [0.25, 0.3) is 0 Å². The average Bonchev–Trinajstić information content (AvgIpc) is 2.77. The Morgan fingerprint density at radius 1 is 0.839 bits per heavy atom. The van der Waals surface area contributed by atoms with Gasteiger partial charge in [-0.3, -0.25) is 0 Å². The molecule has 0 aliphatic rings. The molecule has 0 fully saturated rings. The van der Waals surface area contributed by atoms with Crippen LogP contribution in [0, 0.1) is 0 Å². The molecule has 0 aliphatic heterocycles. The third-order valence-corrected chi connectivity index (χ3v) is 4.75. The molecule has 3 aromatic rings. The van der Waals surface area contributed by atoms with Crippen LogP contribution in [0.4, 0.5) is 0 Å². The lowest BCUT2D eigenvalue weighted by Gasteiger charge is -2.11. The van der Waals surface area contributed by atoms with E-state index in [9.17, 15) is 9.59 Å². The SMILES string of the molecule is O=C(COc1ccc(Cl)cc1Br)Oc1ccccc1C(=O)OCCOc1ccccc1. The molecule has 0 radical (unpaired) electrons. The molecule has 0 saturated heterocycles. The molecule has 0 amide bonds. The van der Waals surface area contributed by atoms with Crippen molar-refractivity contribution in [2.24, 2.45) is 0 Å². The van der Waals surface area contributed by atoms with Gasteiger partial charge in [-0.1, -0.05) is 41.9 Å². The molecular weight excluding hydrogens is 488 g/mol. The monoisotopic (exact) mass is 504 g/mol. The van der Waals surface area contributed by atoms with E-state index in [-0.39, 0.29) is 31.1 Å². The van der Waals surface area contributed by atoms with Crippen LogP contribution in [0.2, 0.25) is 5.02 Å². The van der Waals surface area contributed by atoms with E-state index in [1.54, 1.807) is 42.5 Å². The van der Waals surface area contributed by atoms with Gasteiger partial charge in [0.05, 0.1) is 4.47 Å². The van der Waals surface area contributed by atoms with E-state index in [4.69, 9.17) is 30.5 Å². The van der Waals surface area contributed by atoms with Gasteiger partial charge in [0, 0.05) is 5.02 Å². The van der Waals surface area contributed by atoms with E-state index >= 15 is 0 Å². The quantitative estimate of drug-likeness (QED) is 0.223. The highest BCUT2D eigenvalue weighted by atomic mass is 79.9. The number of hydrogen-bond acceptors (Lipinski definition) is 6. The number of esters is 2.